The van der Waals surface area contributed by atoms with Crippen molar-refractivity contribution in [2.45, 2.75) is 33.4 Å². The molecule has 1 aromatic heterocycles. The molecule has 0 fully saturated rings. The number of nitrogens with one attached hydrogen (secondary N) is 1. The van der Waals surface area contributed by atoms with E-state index in [1.807, 2.05) is 11.3 Å². The summed E-state index contributed by atoms with van der Waals surface area (Å²) in [6, 6.07) is 4.54. The van der Waals surface area contributed by atoms with Crippen LogP contribution in [0.4, 0.5) is 0 Å². The summed E-state index contributed by atoms with van der Waals surface area (Å²) in [5, 5.41) is 3.37. The standard InChI is InChI=1S/C14H22N2S/c1-3-15-10-13-4-5-14(17-13)11-16-8-6-12(2)7-9-16/h4-6,15H,3,7-11H2,1-2H3. The smallest absolute Gasteiger partial charge is 0.0331 e. The summed E-state index contributed by atoms with van der Waals surface area (Å²) in [5.74, 6) is 0. The van der Waals surface area contributed by atoms with Crippen LogP contribution in [0.15, 0.2) is 23.8 Å². The van der Waals surface area contributed by atoms with Crippen molar-refractivity contribution < 1.29 is 0 Å². The van der Waals surface area contributed by atoms with Gasteiger partial charge in [0.15, 0.2) is 0 Å². The van der Waals surface area contributed by atoms with Crippen LogP contribution in [0.25, 0.3) is 0 Å². The van der Waals surface area contributed by atoms with E-state index < -0.39 is 0 Å². The van der Waals surface area contributed by atoms with Crippen molar-refractivity contribution in [3.05, 3.63) is 33.5 Å². The molecular formula is C14H22N2S. The maximum Gasteiger partial charge on any atom is 0.0331 e. The van der Waals surface area contributed by atoms with Gasteiger partial charge < -0.3 is 5.32 Å². The maximum absolute atomic E-state index is 3.37. The molecule has 0 spiro atoms. The third kappa shape index (κ3) is 3.95. The average molecular weight is 250 g/mol. The van der Waals surface area contributed by atoms with Gasteiger partial charge in [-0.2, -0.15) is 0 Å². The van der Waals surface area contributed by atoms with Crippen molar-refractivity contribution in [1.82, 2.24) is 10.2 Å². The minimum atomic E-state index is 1.01. The lowest BCUT2D eigenvalue weighted by molar-refractivity contribution is 0.288. The third-order valence-electron chi connectivity index (χ3n) is 3.17. The van der Waals surface area contributed by atoms with Gasteiger partial charge in [0.1, 0.15) is 0 Å². The van der Waals surface area contributed by atoms with Crippen LogP contribution in [0, 0.1) is 0 Å². The molecule has 0 bridgehead atoms. The second-order valence-electron chi connectivity index (χ2n) is 4.68. The Kier molecular flexibility index (Phi) is 4.77. The van der Waals surface area contributed by atoms with Crippen molar-refractivity contribution >= 4 is 11.3 Å². The number of nitrogens with zero attached hydrogens (tertiary/aromatic N) is 1. The van der Waals surface area contributed by atoms with E-state index in [4.69, 9.17) is 0 Å². The van der Waals surface area contributed by atoms with E-state index in [9.17, 15) is 0 Å². The van der Waals surface area contributed by atoms with Crippen molar-refractivity contribution in [1.29, 1.82) is 0 Å². The van der Waals surface area contributed by atoms with Crippen LogP contribution in [0.5, 0.6) is 0 Å². The number of thiophene rings is 1. The molecule has 0 radical (unpaired) electrons. The van der Waals surface area contributed by atoms with E-state index in [1.165, 1.54) is 22.7 Å². The number of hydrogen-bond donors (Lipinski definition) is 1. The molecular weight excluding hydrogens is 228 g/mol. The van der Waals surface area contributed by atoms with Gasteiger partial charge in [-0.3, -0.25) is 4.90 Å². The van der Waals surface area contributed by atoms with Crippen LogP contribution >= 0.6 is 11.3 Å². The summed E-state index contributed by atoms with van der Waals surface area (Å²) in [7, 11) is 0. The molecule has 2 nitrogen and oxygen atoms in total. The Labute approximate surface area is 108 Å². The van der Waals surface area contributed by atoms with E-state index >= 15 is 0 Å². The molecule has 3 heteroatoms. The Balaban J connectivity index is 1.84. The van der Waals surface area contributed by atoms with Crippen molar-refractivity contribution in [2.75, 3.05) is 19.6 Å². The lowest BCUT2D eigenvalue weighted by Crippen LogP contribution is -2.27. The van der Waals surface area contributed by atoms with Gasteiger partial charge in [0.05, 0.1) is 0 Å². The molecule has 0 saturated carbocycles. The topological polar surface area (TPSA) is 15.3 Å². The van der Waals surface area contributed by atoms with Crippen LogP contribution in [-0.4, -0.2) is 24.5 Å². The van der Waals surface area contributed by atoms with Gasteiger partial charge in [-0.05, 0) is 32.0 Å². The summed E-state index contributed by atoms with van der Waals surface area (Å²) in [6.45, 7) is 9.88. The van der Waals surface area contributed by atoms with Crippen LogP contribution in [0.1, 0.15) is 30.0 Å². The largest absolute Gasteiger partial charge is 0.312 e. The fraction of sp³-hybridized carbons (Fsp3) is 0.571. The summed E-state index contributed by atoms with van der Waals surface area (Å²) >= 11 is 1.94. The van der Waals surface area contributed by atoms with Crippen molar-refractivity contribution in [3.8, 4) is 0 Å². The van der Waals surface area contributed by atoms with Gasteiger partial charge in [-0.25, -0.2) is 0 Å². The summed E-state index contributed by atoms with van der Waals surface area (Å²) in [5.41, 5.74) is 1.54. The Bertz CT molecular complexity index is 381. The van der Waals surface area contributed by atoms with Crippen molar-refractivity contribution in [2.24, 2.45) is 0 Å². The zero-order valence-electron chi connectivity index (χ0n) is 10.8. The molecule has 0 unspecified atom stereocenters. The SMILES string of the molecule is CCNCc1ccc(CN2CC=C(C)CC2)s1. The fourth-order valence-corrected chi connectivity index (χ4v) is 3.06. The lowest BCUT2D eigenvalue weighted by atomic mass is 10.1. The molecule has 94 valence electrons. The summed E-state index contributed by atoms with van der Waals surface area (Å²) in [6.07, 6.45) is 3.59. The highest BCUT2D eigenvalue weighted by Gasteiger charge is 2.10. The van der Waals surface area contributed by atoms with Crippen LogP contribution in [0.2, 0.25) is 0 Å². The average Bonchev–Trinajstić information content (AvgIpc) is 2.77. The Morgan fingerprint density at radius 2 is 2.18 bits per heavy atom. The van der Waals surface area contributed by atoms with Crippen LogP contribution < -0.4 is 5.32 Å². The highest BCUT2D eigenvalue weighted by molar-refractivity contribution is 7.11. The molecule has 1 aromatic rings. The third-order valence-corrected chi connectivity index (χ3v) is 4.24. The molecule has 2 rings (SSSR count). The van der Waals surface area contributed by atoms with Gasteiger partial charge in [-0.1, -0.05) is 18.6 Å². The zero-order valence-corrected chi connectivity index (χ0v) is 11.6. The van der Waals surface area contributed by atoms with E-state index in [2.05, 4.69) is 42.3 Å². The number of hydrogen-bond acceptors (Lipinski definition) is 3. The molecule has 1 aliphatic rings. The monoisotopic (exact) mass is 250 g/mol. The molecule has 0 amide bonds. The van der Waals surface area contributed by atoms with Gasteiger partial charge in [0, 0.05) is 35.9 Å². The Hall–Kier alpha value is -0.640. The fourth-order valence-electron chi connectivity index (χ4n) is 2.03. The van der Waals surface area contributed by atoms with Gasteiger partial charge in [-0.15, -0.1) is 11.3 Å². The highest BCUT2D eigenvalue weighted by Crippen LogP contribution is 2.20. The second-order valence-corrected chi connectivity index (χ2v) is 5.94. The molecule has 1 aliphatic heterocycles. The molecule has 2 heterocycles. The van der Waals surface area contributed by atoms with Crippen LogP contribution in [0.3, 0.4) is 0 Å². The van der Waals surface area contributed by atoms with Crippen molar-refractivity contribution in [3.63, 3.8) is 0 Å². The lowest BCUT2D eigenvalue weighted by Gasteiger charge is -2.24. The second kappa shape index (κ2) is 6.34. The predicted octanol–water partition coefficient (Wildman–Crippen LogP) is 3.01. The van der Waals surface area contributed by atoms with Crippen LogP contribution in [-0.2, 0) is 13.1 Å². The molecule has 0 aromatic carbocycles. The minimum absolute atomic E-state index is 1.01. The molecule has 1 N–H and O–H groups in total. The number of rotatable bonds is 5. The van der Waals surface area contributed by atoms with E-state index in [1.54, 1.807) is 5.57 Å². The zero-order chi connectivity index (χ0) is 12.1. The summed E-state index contributed by atoms with van der Waals surface area (Å²) < 4.78 is 0. The minimum Gasteiger partial charge on any atom is -0.312 e. The van der Waals surface area contributed by atoms with Gasteiger partial charge in [0.2, 0.25) is 0 Å². The van der Waals surface area contributed by atoms with Gasteiger partial charge >= 0.3 is 0 Å². The maximum atomic E-state index is 3.37. The molecule has 17 heavy (non-hydrogen) atoms. The van der Waals surface area contributed by atoms with E-state index in [0.717, 1.165) is 26.2 Å². The Morgan fingerprint density at radius 3 is 2.88 bits per heavy atom. The first-order valence-corrected chi connectivity index (χ1v) is 7.26. The summed E-state index contributed by atoms with van der Waals surface area (Å²) in [4.78, 5) is 5.46. The Morgan fingerprint density at radius 1 is 1.35 bits per heavy atom. The van der Waals surface area contributed by atoms with E-state index in [-0.39, 0.29) is 0 Å². The first-order chi connectivity index (χ1) is 8.28. The quantitative estimate of drug-likeness (QED) is 0.808. The molecule has 0 saturated heterocycles. The highest BCUT2D eigenvalue weighted by atomic mass is 32.1. The first-order valence-electron chi connectivity index (χ1n) is 6.44. The van der Waals surface area contributed by atoms with E-state index in [0.29, 0.717) is 0 Å². The van der Waals surface area contributed by atoms with Gasteiger partial charge in [0.25, 0.3) is 0 Å². The molecule has 0 aliphatic carbocycles. The normalized spacial score (nSPS) is 17.2. The predicted molar refractivity (Wildman–Crippen MR) is 75.4 cm³/mol. The molecule has 0 atom stereocenters. The first kappa shape index (κ1) is 12.8.